The van der Waals surface area contributed by atoms with Crippen molar-refractivity contribution in [3.05, 3.63) is 90.6 Å². The van der Waals surface area contributed by atoms with E-state index in [0.29, 0.717) is 12.1 Å². The molecule has 0 spiro atoms. The maximum absolute atomic E-state index is 14.3. The smallest absolute Gasteiger partial charge is 0.384 e. The van der Waals surface area contributed by atoms with Crippen LogP contribution in [0.4, 0.5) is 17.6 Å². The second-order valence-corrected chi connectivity index (χ2v) is 10.3. The lowest BCUT2D eigenvalue weighted by Gasteiger charge is -2.29. The first-order valence-electron chi connectivity index (χ1n) is 12.3. The number of ether oxygens (including phenoxy) is 1. The Hall–Kier alpha value is -3.39. The van der Waals surface area contributed by atoms with E-state index in [4.69, 9.17) is 37.3 Å². The van der Waals surface area contributed by atoms with Gasteiger partial charge in [0, 0.05) is 24.1 Å². The molecule has 9 nitrogen and oxygen atoms in total. The van der Waals surface area contributed by atoms with E-state index in [0.717, 1.165) is 16.9 Å². The minimum atomic E-state index is -4.97. The predicted octanol–water partition coefficient (Wildman–Crippen LogP) is 4.96. The van der Waals surface area contributed by atoms with Crippen LogP contribution in [0, 0.1) is 12.7 Å². The lowest BCUT2D eigenvalue weighted by atomic mass is 9.86. The number of alkyl halides is 3. The van der Waals surface area contributed by atoms with Crippen molar-refractivity contribution in [2.24, 2.45) is 5.16 Å². The van der Waals surface area contributed by atoms with E-state index in [-0.39, 0.29) is 35.6 Å². The first-order chi connectivity index (χ1) is 19.3. The van der Waals surface area contributed by atoms with Gasteiger partial charge in [-0.1, -0.05) is 34.4 Å². The zero-order chi connectivity index (χ0) is 29.7. The summed E-state index contributed by atoms with van der Waals surface area (Å²) in [5.41, 5.74) is -3.13. The number of carbonyl (C=O) groups is 1. The lowest BCUT2D eigenvalue weighted by Crippen LogP contribution is -2.56. The highest BCUT2D eigenvalue weighted by Gasteiger charge is 2.62. The third-order valence-electron chi connectivity index (χ3n) is 6.95. The van der Waals surface area contributed by atoms with E-state index in [1.54, 1.807) is 13.8 Å². The molecule has 0 aliphatic carbocycles. The van der Waals surface area contributed by atoms with Gasteiger partial charge in [-0.25, -0.2) is 4.39 Å². The van der Waals surface area contributed by atoms with Crippen molar-refractivity contribution < 1.29 is 36.5 Å². The molecule has 2 N–H and O–H groups in total. The third kappa shape index (κ3) is 4.90. The third-order valence-corrected chi connectivity index (χ3v) is 7.50. The molecular formula is C26H22Cl2F4N4O5. The van der Waals surface area contributed by atoms with Crippen LogP contribution in [0.25, 0.3) is 0 Å². The summed E-state index contributed by atoms with van der Waals surface area (Å²) in [5, 5.41) is 8.18. The minimum absolute atomic E-state index is 0.0569. The highest BCUT2D eigenvalue weighted by atomic mass is 35.5. The van der Waals surface area contributed by atoms with Crippen molar-refractivity contribution in [2.75, 3.05) is 13.2 Å². The van der Waals surface area contributed by atoms with Gasteiger partial charge in [0.1, 0.15) is 11.8 Å². The van der Waals surface area contributed by atoms with E-state index in [1.807, 2.05) is 0 Å². The van der Waals surface area contributed by atoms with Crippen LogP contribution in [0.5, 0.6) is 0 Å². The maximum atomic E-state index is 14.3. The number of halogens is 6. The number of nitrogens with zero attached hydrogens (tertiary/aromatic N) is 2. The Bertz CT molecular complexity index is 1590. The van der Waals surface area contributed by atoms with Crippen LogP contribution in [0.2, 0.25) is 10.0 Å². The number of benzene rings is 2. The van der Waals surface area contributed by atoms with Gasteiger partial charge < -0.3 is 19.4 Å². The average Bonchev–Trinajstić information content (AvgIpc) is 3.66. The number of amides is 1. The van der Waals surface area contributed by atoms with Crippen molar-refractivity contribution in [1.82, 2.24) is 15.4 Å². The molecule has 15 heteroatoms. The molecule has 2 atom stereocenters. The summed E-state index contributed by atoms with van der Waals surface area (Å²) in [6.07, 6.45) is -4.53. The Morgan fingerprint density at radius 1 is 1.22 bits per heavy atom. The van der Waals surface area contributed by atoms with Gasteiger partial charge in [-0.3, -0.25) is 14.9 Å². The summed E-state index contributed by atoms with van der Waals surface area (Å²) in [5.74, 6) is -3.30. The summed E-state index contributed by atoms with van der Waals surface area (Å²) >= 11 is 11.5. The van der Waals surface area contributed by atoms with Crippen LogP contribution >= 0.6 is 23.2 Å². The van der Waals surface area contributed by atoms with Crippen LogP contribution in [0.3, 0.4) is 0 Å². The van der Waals surface area contributed by atoms with Crippen molar-refractivity contribution in [1.29, 1.82) is 0 Å². The Morgan fingerprint density at radius 3 is 2.49 bits per heavy atom. The molecule has 0 radical (unpaired) electrons. The number of carbonyl (C=O) groups excluding carboxylic acids is 1. The molecule has 1 fully saturated rings. The van der Waals surface area contributed by atoms with Gasteiger partial charge >= 0.3 is 6.18 Å². The molecule has 1 amide bonds. The fraction of sp³-hybridized carbons (Fsp3) is 0.346. The zero-order valence-electron chi connectivity index (χ0n) is 21.5. The van der Waals surface area contributed by atoms with Crippen LogP contribution in [0.15, 0.2) is 51.1 Å². The fourth-order valence-electron chi connectivity index (χ4n) is 4.78. The van der Waals surface area contributed by atoms with Crippen molar-refractivity contribution >= 4 is 34.8 Å². The van der Waals surface area contributed by atoms with Crippen LogP contribution in [-0.2, 0) is 27.6 Å². The van der Waals surface area contributed by atoms with E-state index >= 15 is 0 Å². The van der Waals surface area contributed by atoms with Gasteiger partial charge in [0.05, 0.1) is 28.9 Å². The van der Waals surface area contributed by atoms with Crippen molar-refractivity contribution in [2.45, 2.75) is 44.4 Å². The number of hydrogen-bond acceptors (Lipinski definition) is 7. The number of aryl methyl sites for hydroxylation is 2. The number of hydrogen-bond donors (Lipinski definition) is 2. The second-order valence-electron chi connectivity index (χ2n) is 9.46. The molecule has 2 aromatic carbocycles. The van der Waals surface area contributed by atoms with Gasteiger partial charge in [-0.15, -0.1) is 0 Å². The predicted molar refractivity (Wildman–Crippen MR) is 139 cm³/mol. The Morgan fingerprint density at radius 2 is 1.93 bits per heavy atom. The van der Waals surface area contributed by atoms with E-state index in [1.165, 1.54) is 24.5 Å². The van der Waals surface area contributed by atoms with E-state index in [9.17, 15) is 27.2 Å². The lowest BCUT2D eigenvalue weighted by molar-refractivity contribution is -0.275. The van der Waals surface area contributed by atoms with Crippen molar-refractivity contribution in [3.8, 4) is 0 Å². The summed E-state index contributed by atoms with van der Waals surface area (Å²) in [6.45, 7) is 4.13. The molecule has 2 aliphatic heterocycles. The molecule has 1 unspecified atom stereocenters. The first-order valence-corrected chi connectivity index (χ1v) is 13.1. The standard InChI is InChI=1S/C26H22Cl2F4N4O5/c1-3-36-23(38)17(12-40-36)25(33-6-7-39-25)34-22(37)16-5-4-14(8-13(16)2)20-11-24(41-35-20,26(30,31)32)15-9-18(27)21(29)19(28)10-15/h4-5,8-10,12,33H,3,6-7,11H2,1-2H3,(H,34,37)/t24-,25?/m0/s1. The Balaban J connectivity index is 1.41. The minimum Gasteiger partial charge on any atom is -0.384 e. The highest BCUT2D eigenvalue weighted by molar-refractivity contribution is 6.35. The van der Waals surface area contributed by atoms with E-state index < -0.39 is 56.9 Å². The number of rotatable bonds is 6. The van der Waals surface area contributed by atoms with Gasteiger partial charge in [-0.05, 0) is 49.2 Å². The van der Waals surface area contributed by atoms with Gasteiger partial charge in [0.2, 0.25) is 5.85 Å². The monoisotopic (exact) mass is 616 g/mol. The van der Waals surface area contributed by atoms with E-state index in [2.05, 4.69) is 15.8 Å². The second kappa shape index (κ2) is 10.5. The normalized spacial score (nSPS) is 22.5. The van der Waals surface area contributed by atoms with Crippen molar-refractivity contribution in [3.63, 3.8) is 0 Å². The molecule has 0 bridgehead atoms. The van der Waals surface area contributed by atoms with Gasteiger partial charge in [0.25, 0.3) is 17.1 Å². The number of nitrogens with one attached hydrogen (secondary N) is 2. The average molecular weight is 617 g/mol. The first kappa shape index (κ1) is 29.1. The largest absolute Gasteiger partial charge is 0.435 e. The molecular weight excluding hydrogens is 595 g/mol. The molecule has 1 aromatic heterocycles. The molecule has 218 valence electrons. The van der Waals surface area contributed by atoms with Gasteiger partial charge in [0.15, 0.2) is 5.82 Å². The molecule has 0 saturated carbocycles. The molecule has 3 heterocycles. The molecule has 41 heavy (non-hydrogen) atoms. The summed E-state index contributed by atoms with van der Waals surface area (Å²) < 4.78 is 69.0. The summed E-state index contributed by atoms with van der Waals surface area (Å²) in [7, 11) is 0. The van der Waals surface area contributed by atoms with Gasteiger partial charge in [-0.2, -0.15) is 17.9 Å². The maximum Gasteiger partial charge on any atom is 0.435 e. The molecule has 3 aromatic rings. The topological polar surface area (TPSA) is 107 Å². The number of oxime groups is 1. The van der Waals surface area contributed by atoms with Crippen LogP contribution < -0.4 is 16.2 Å². The molecule has 1 saturated heterocycles. The SMILES string of the molecule is CCn1occ(C2(NC(=O)c3ccc(C4=NO[C@@](c5cc(Cl)c(F)c(Cl)c5)(C(F)(F)F)C4)cc3C)NCCO2)c1=O. The molecule has 5 rings (SSSR count). The Labute approximate surface area is 239 Å². The quantitative estimate of drug-likeness (QED) is 0.300. The fourth-order valence-corrected chi connectivity index (χ4v) is 5.26. The summed E-state index contributed by atoms with van der Waals surface area (Å²) in [4.78, 5) is 31.0. The summed E-state index contributed by atoms with van der Waals surface area (Å²) in [6, 6.07) is 5.91. The van der Waals surface area contributed by atoms with Crippen LogP contribution in [0.1, 0.15) is 46.0 Å². The number of aromatic nitrogens is 1. The highest BCUT2D eigenvalue weighted by Crippen LogP contribution is 2.50. The van der Waals surface area contributed by atoms with Crippen LogP contribution in [-0.4, -0.2) is 35.7 Å². The zero-order valence-corrected chi connectivity index (χ0v) is 23.0. The molecule has 2 aliphatic rings. The Kier molecular flexibility index (Phi) is 7.43.